The topological polar surface area (TPSA) is 64.3 Å². The van der Waals surface area contributed by atoms with Gasteiger partial charge < -0.3 is 15.8 Å². The fraction of sp³-hybridized carbons (Fsp3) is 0.562. The number of nitrogens with two attached hydrogens (primary N) is 1. The molecule has 0 aromatic heterocycles. The number of carbonyl (C=O) groups excluding carboxylic acids is 1. The smallest absolute Gasteiger partial charge is 0.227 e. The average molecular weight is 311 g/mol. The molecule has 0 heterocycles. The molecule has 0 saturated heterocycles. The van der Waals surface area contributed by atoms with Gasteiger partial charge in [0.2, 0.25) is 5.91 Å². The molecule has 4 nitrogen and oxygen atoms in total. The number of hydrogen-bond donors (Lipinski definition) is 2. The number of benzene rings is 1. The van der Waals surface area contributed by atoms with Crippen LogP contribution in [-0.2, 0) is 4.79 Å². The largest absolute Gasteiger partial charge is 0.492 e. The highest BCUT2D eigenvalue weighted by molar-refractivity contribution is 6.32. The van der Waals surface area contributed by atoms with Gasteiger partial charge in [-0.2, -0.15) is 0 Å². The van der Waals surface area contributed by atoms with E-state index in [9.17, 15) is 4.79 Å². The molecule has 0 atom stereocenters. The maximum absolute atomic E-state index is 12.3. The van der Waals surface area contributed by atoms with Crippen LogP contribution < -0.4 is 15.8 Å². The zero-order chi connectivity index (χ0) is 15.2. The van der Waals surface area contributed by atoms with Gasteiger partial charge >= 0.3 is 0 Å². The molecule has 0 unspecified atom stereocenters. The first-order valence-electron chi connectivity index (χ1n) is 7.57. The van der Waals surface area contributed by atoms with E-state index in [0.717, 1.165) is 37.9 Å². The Bertz CT molecular complexity index is 485. The van der Waals surface area contributed by atoms with Crippen LogP contribution in [0, 0.1) is 11.8 Å². The third-order valence-electron chi connectivity index (χ3n) is 4.05. The molecular formula is C16H23ClN2O2. The summed E-state index contributed by atoms with van der Waals surface area (Å²) in [6.07, 6.45) is 3.91. The Labute approximate surface area is 131 Å². The summed E-state index contributed by atoms with van der Waals surface area (Å²) in [5.41, 5.74) is 6.39. The van der Waals surface area contributed by atoms with Gasteiger partial charge in [0, 0.05) is 11.6 Å². The van der Waals surface area contributed by atoms with Gasteiger partial charge in [-0.1, -0.05) is 11.6 Å². The van der Waals surface area contributed by atoms with Crippen LogP contribution in [0.15, 0.2) is 18.2 Å². The van der Waals surface area contributed by atoms with E-state index in [0.29, 0.717) is 23.3 Å². The molecule has 1 fully saturated rings. The van der Waals surface area contributed by atoms with Crippen molar-refractivity contribution < 1.29 is 9.53 Å². The van der Waals surface area contributed by atoms with Gasteiger partial charge in [-0.25, -0.2) is 0 Å². The Hall–Kier alpha value is -1.26. The van der Waals surface area contributed by atoms with Crippen LogP contribution in [0.2, 0.25) is 5.02 Å². The minimum Gasteiger partial charge on any atom is -0.492 e. The number of halogens is 1. The number of anilines is 1. The standard InChI is InChI=1S/C16H23ClN2O2/c1-2-21-15-8-7-13(9-14(15)17)19-16(20)12-5-3-11(10-18)4-6-12/h7-9,11-12H,2-6,10,18H2,1H3,(H,19,20). The van der Waals surface area contributed by atoms with Crippen molar-refractivity contribution in [2.45, 2.75) is 32.6 Å². The summed E-state index contributed by atoms with van der Waals surface area (Å²) in [4.78, 5) is 12.3. The maximum atomic E-state index is 12.3. The quantitative estimate of drug-likeness (QED) is 0.875. The van der Waals surface area contributed by atoms with Crippen LogP contribution >= 0.6 is 11.6 Å². The van der Waals surface area contributed by atoms with Gasteiger partial charge in [0.1, 0.15) is 5.75 Å². The second-order valence-electron chi connectivity index (χ2n) is 5.52. The molecule has 0 spiro atoms. The molecule has 1 saturated carbocycles. The molecule has 1 aliphatic rings. The second-order valence-corrected chi connectivity index (χ2v) is 5.93. The van der Waals surface area contributed by atoms with Gasteiger partial charge in [-0.05, 0) is 63.3 Å². The zero-order valence-electron chi connectivity index (χ0n) is 12.4. The molecular weight excluding hydrogens is 288 g/mol. The van der Waals surface area contributed by atoms with E-state index in [4.69, 9.17) is 22.1 Å². The summed E-state index contributed by atoms with van der Waals surface area (Å²) >= 11 is 6.13. The first kappa shape index (κ1) is 16.1. The summed E-state index contributed by atoms with van der Waals surface area (Å²) in [5.74, 6) is 1.37. The fourth-order valence-corrected chi connectivity index (χ4v) is 2.99. The normalized spacial score (nSPS) is 21.9. The molecule has 0 bridgehead atoms. The Balaban J connectivity index is 1.92. The van der Waals surface area contributed by atoms with E-state index in [2.05, 4.69) is 5.32 Å². The van der Waals surface area contributed by atoms with Gasteiger partial charge in [0.15, 0.2) is 0 Å². The number of hydrogen-bond acceptors (Lipinski definition) is 3. The molecule has 1 amide bonds. The van der Waals surface area contributed by atoms with Crippen molar-refractivity contribution in [1.82, 2.24) is 0 Å². The molecule has 0 radical (unpaired) electrons. The number of ether oxygens (including phenoxy) is 1. The number of nitrogens with one attached hydrogen (secondary N) is 1. The molecule has 2 rings (SSSR count). The first-order chi connectivity index (χ1) is 10.1. The SMILES string of the molecule is CCOc1ccc(NC(=O)C2CCC(CN)CC2)cc1Cl. The van der Waals surface area contributed by atoms with E-state index in [1.54, 1.807) is 12.1 Å². The van der Waals surface area contributed by atoms with Crippen molar-refractivity contribution in [3.05, 3.63) is 23.2 Å². The predicted molar refractivity (Wildman–Crippen MR) is 85.8 cm³/mol. The molecule has 1 aromatic carbocycles. The highest BCUT2D eigenvalue weighted by Crippen LogP contribution is 2.31. The molecule has 116 valence electrons. The highest BCUT2D eigenvalue weighted by Gasteiger charge is 2.25. The van der Waals surface area contributed by atoms with Crippen molar-refractivity contribution in [2.75, 3.05) is 18.5 Å². The second kappa shape index (κ2) is 7.66. The number of rotatable bonds is 5. The Morgan fingerprint density at radius 2 is 2.10 bits per heavy atom. The van der Waals surface area contributed by atoms with E-state index in [-0.39, 0.29) is 11.8 Å². The minimum atomic E-state index is 0.0747. The fourth-order valence-electron chi connectivity index (χ4n) is 2.76. The van der Waals surface area contributed by atoms with Crippen molar-refractivity contribution >= 4 is 23.2 Å². The lowest BCUT2D eigenvalue weighted by Gasteiger charge is -2.26. The summed E-state index contributed by atoms with van der Waals surface area (Å²) in [6.45, 7) is 3.20. The molecule has 5 heteroatoms. The van der Waals surface area contributed by atoms with Crippen LogP contribution in [0.4, 0.5) is 5.69 Å². The Kier molecular flexibility index (Phi) is 5.88. The molecule has 1 aliphatic carbocycles. The Morgan fingerprint density at radius 1 is 1.38 bits per heavy atom. The summed E-state index contributed by atoms with van der Waals surface area (Å²) in [6, 6.07) is 5.34. The van der Waals surface area contributed by atoms with Gasteiger partial charge in [0.25, 0.3) is 0 Å². The van der Waals surface area contributed by atoms with E-state index in [1.165, 1.54) is 0 Å². The van der Waals surface area contributed by atoms with Gasteiger partial charge in [-0.3, -0.25) is 4.79 Å². The van der Waals surface area contributed by atoms with Gasteiger partial charge in [0.05, 0.1) is 11.6 Å². The van der Waals surface area contributed by atoms with Crippen LogP contribution in [0.25, 0.3) is 0 Å². The Morgan fingerprint density at radius 3 is 2.67 bits per heavy atom. The predicted octanol–water partition coefficient (Wildman–Crippen LogP) is 3.44. The maximum Gasteiger partial charge on any atom is 0.227 e. The lowest BCUT2D eigenvalue weighted by atomic mass is 9.81. The summed E-state index contributed by atoms with van der Waals surface area (Å²) in [7, 11) is 0. The lowest BCUT2D eigenvalue weighted by Crippen LogP contribution is -2.29. The van der Waals surface area contributed by atoms with Crippen molar-refractivity contribution in [3.63, 3.8) is 0 Å². The van der Waals surface area contributed by atoms with E-state index in [1.807, 2.05) is 13.0 Å². The van der Waals surface area contributed by atoms with E-state index >= 15 is 0 Å². The first-order valence-corrected chi connectivity index (χ1v) is 7.95. The van der Waals surface area contributed by atoms with E-state index < -0.39 is 0 Å². The van der Waals surface area contributed by atoms with Crippen LogP contribution in [0.1, 0.15) is 32.6 Å². The highest BCUT2D eigenvalue weighted by atomic mass is 35.5. The van der Waals surface area contributed by atoms with Crippen LogP contribution in [0.3, 0.4) is 0 Å². The summed E-state index contributed by atoms with van der Waals surface area (Å²) in [5, 5.41) is 3.46. The molecule has 1 aromatic rings. The molecule has 0 aliphatic heterocycles. The van der Waals surface area contributed by atoms with Crippen molar-refractivity contribution in [3.8, 4) is 5.75 Å². The lowest BCUT2D eigenvalue weighted by molar-refractivity contribution is -0.121. The average Bonchev–Trinajstić information content (AvgIpc) is 2.50. The van der Waals surface area contributed by atoms with Gasteiger partial charge in [-0.15, -0.1) is 0 Å². The minimum absolute atomic E-state index is 0.0747. The van der Waals surface area contributed by atoms with Crippen molar-refractivity contribution in [2.24, 2.45) is 17.6 Å². The van der Waals surface area contributed by atoms with Crippen LogP contribution in [-0.4, -0.2) is 19.1 Å². The number of amides is 1. The summed E-state index contributed by atoms with van der Waals surface area (Å²) < 4.78 is 5.38. The van der Waals surface area contributed by atoms with Crippen LogP contribution in [0.5, 0.6) is 5.75 Å². The third-order valence-corrected chi connectivity index (χ3v) is 4.35. The zero-order valence-corrected chi connectivity index (χ0v) is 13.2. The van der Waals surface area contributed by atoms with Crippen molar-refractivity contribution in [1.29, 1.82) is 0 Å². The molecule has 3 N–H and O–H groups in total. The third kappa shape index (κ3) is 4.35. The molecule has 21 heavy (non-hydrogen) atoms. The monoisotopic (exact) mass is 310 g/mol. The number of carbonyl (C=O) groups is 1.